The summed E-state index contributed by atoms with van der Waals surface area (Å²) in [5.74, 6) is 2.75. The molecule has 1 nitrogen and oxygen atoms in total. The Hall–Kier alpha value is -0.500. The first-order valence-electron chi connectivity index (χ1n) is 7.61. The Morgan fingerprint density at radius 2 is 1.84 bits per heavy atom. The van der Waals surface area contributed by atoms with Crippen LogP contribution in [-0.4, -0.2) is 11.4 Å². The first-order chi connectivity index (χ1) is 9.29. The number of para-hydroxylation sites is 1. The van der Waals surface area contributed by atoms with E-state index in [2.05, 4.69) is 22.9 Å². The van der Waals surface area contributed by atoms with E-state index in [1.807, 2.05) is 30.3 Å². The van der Waals surface area contributed by atoms with Crippen molar-refractivity contribution in [3.05, 3.63) is 30.3 Å². The summed E-state index contributed by atoms with van der Waals surface area (Å²) in [6.45, 7) is 3.08. The van der Waals surface area contributed by atoms with Crippen molar-refractivity contribution in [1.29, 1.82) is 0 Å². The lowest BCUT2D eigenvalue weighted by Crippen LogP contribution is -2.26. The third-order valence-corrected chi connectivity index (χ3v) is 5.26. The van der Waals surface area contributed by atoms with Crippen LogP contribution in [0.25, 0.3) is 0 Å². The molecular weight excluding hydrogens is 300 g/mol. The Labute approximate surface area is 125 Å². The molecule has 0 N–H and O–H groups in total. The van der Waals surface area contributed by atoms with Crippen LogP contribution in [0.1, 0.15) is 45.4 Å². The van der Waals surface area contributed by atoms with Gasteiger partial charge in [-0.05, 0) is 36.8 Å². The van der Waals surface area contributed by atoms with Crippen molar-refractivity contribution in [2.75, 3.05) is 6.61 Å². The van der Waals surface area contributed by atoms with E-state index in [9.17, 15) is 0 Å². The second-order valence-electron chi connectivity index (χ2n) is 5.71. The molecule has 0 radical (unpaired) electrons. The van der Waals surface area contributed by atoms with Gasteiger partial charge in [0.05, 0.1) is 4.83 Å². The number of hydrogen-bond acceptors (Lipinski definition) is 1. The van der Waals surface area contributed by atoms with Crippen LogP contribution >= 0.6 is 15.9 Å². The van der Waals surface area contributed by atoms with E-state index in [0.717, 1.165) is 24.2 Å². The lowest BCUT2D eigenvalue weighted by Gasteiger charge is -2.31. The van der Waals surface area contributed by atoms with Crippen molar-refractivity contribution in [1.82, 2.24) is 0 Å². The Kier molecular flexibility index (Phi) is 6.22. The molecular formula is C17H25BrO. The van der Waals surface area contributed by atoms with Gasteiger partial charge in [0.25, 0.3) is 0 Å². The molecule has 1 atom stereocenters. The van der Waals surface area contributed by atoms with Crippen LogP contribution in [-0.2, 0) is 0 Å². The van der Waals surface area contributed by atoms with Gasteiger partial charge < -0.3 is 4.74 Å². The number of rotatable bonds is 6. The predicted octanol–water partition coefficient (Wildman–Crippen LogP) is 5.44. The minimum absolute atomic E-state index is 0.496. The van der Waals surface area contributed by atoms with Gasteiger partial charge >= 0.3 is 0 Å². The summed E-state index contributed by atoms with van der Waals surface area (Å²) in [7, 11) is 0. The Morgan fingerprint density at radius 1 is 1.16 bits per heavy atom. The highest BCUT2D eigenvalue weighted by Crippen LogP contribution is 2.35. The van der Waals surface area contributed by atoms with Gasteiger partial charge in [-0.25, -0.2) is 0 Å². The van der Waals surface area contributed by atoms with Crippen molar-refractivity contribution in [2.45, 2.75) is 50.3 Å². The Balaban J connectivity index is 1.71. The van der Waals surface area contributed by atoms with Gasteiger partial charge in [0, 0.05) is 0 Å². The smallest absolute Gasteiger partial charge is 0.119 e. The summed E-state index contributed by atoms with van der Waals surface area (Å²) in [4.78, 5) is 0.496. The number of benzene rings is 1. The minimum Gasteiger partial charge on any atom is -0.492 e. The van der Waals surface area contributed by atoms with Crippen molar-refractivity contribution in [3.8, 4) is 5.75 Å². The Bertz CT molecular complexity index is 344. The zero-order valence-electron chi connectivity index (χ0n) is 11.9. The van der Waals surface area contributed by atoms with Gasteiger partial charge in [0.15, 0.2) is 0 Å². The molecule has 106 valence electrons. The molecule has 1 aromatic rings. The lowest BCUT2D eigenvalue weighted by molar-refractivity contribution is 0.221. The number of hydrogen-bond donors (Lipinski definition) is 0. The molecule has 1 aromatic carbocycles. The quantitative estimate of drug-likeness (QED) is 0.633. The summed E-state index contributed by atoms with van der Waals surface area (Å²) in [5.41, 5.74) is 0. The maximum absolute atomic E-state index is 5.85. The van der Waals surface area contributed by atoms with Crippen molar-refractivity contribution < 1.29 is 4.74 Å². The molecule has 0 amide bonds. The molecule has 0 spiro atoms. The van der Waals surface area contributed by atoms with Crippen LogP contribution in [0.2, 0.25) is 0 Å². The fourth-order valence-corrected chi connectivity index (χ4v) is 3.74. The SMILES string of the molecule is CCC[C@H]1CC[C@H](C(Br)COc2ccccc2)CC1. The monoisotopic (exact) mass is 324 g/mol. The van der Waals surface area contributed by atoms with Gasteiger partial charge in [0.2, 0.25) is 0 Å². The summed E-state index contributed by atoms with van der Waals surface area (Å²) >= 11 is 3.83. The molecule has 1 aliphatic rings. The van der Waals surface area contributed by atoms with Crippen LogP contribution in [0.4, 0.5) is 0 Å². The number of alkyl halides is 1. The highest BCUT2D eigenvalue weighted by Gasteiger charge is 2.26. The molecule has 1 aliphatic carbocycles. The number of halogens is 1. The standard InChI is InChI=1S/C17H25BrO/c1-2-6-14-9-11-15(12-10-14)17(18)13-19-16-7-4-3-5-8-16/h3-5,7-8,14-15,17H,2,6,9-13H2,1H3/t14-,15-,17?. The van der Waals surface area contributed by atoms with Crippen LogP contribution in [0.3, 0.4) is 0 Å². The van der Waals surface area contributed by atoms with Gasteiger partial charge in [-0.1, -0.05) is 66.7 Å². The van der Waals surface area contributed by atoms with Gasteiger partial charge in [0.1, 0.15) is 12.4 Å². The molecule has 1 fully saturated rings. The Morgan fingerprint density at radius 3 is 2.47 bits per heavy atom. The van der Waals surface area contributed by atoms with E-state index in [1.165, 1.54) is 38.5 Å². The van der Waals surface area contributed by atoms with Gasteiger partial charge in [-0.3, -0.25) is 0 Å². The number of ether oxygens (including phenoxy) is 1. The first kappa shape index (κ1) is 14.9. The highest BCUT2D eigenvalue weighted by atomic mass is 79.9. The zero-order chi connectivity index (χ0) is 13.5. The lowest BCUT2D eigenvalue weighted by atomic mass is 9.79. The average molecular weight is 325 g/mol. The van der Waals surface area contributed by atoms with Crippen molar-refractivity contribution >= 4 is 15.9 Å². The molecule has 0 aromatic heterocycles. The predicted molar refractivity (Wildman–Crippen MR) is 85.0 cm³/mol. The van der Waals surface area contributed by atoms with E-state index in [4.69, 9.17) is 4.74 Å². The second kappa shape index (κ2) is 7.94. The average Bonchev–Trinajstić information content (AvgIpc) is 2.47. The fourth-order valence-electron chi connectivity index (χ4n) is 3.08. The topological polar surface area (TPSA) is 9.23 Å². The molecule has 0 aliphatic heterocycles. The summed E-state index contributed by atoms with van der Waals surface area (Å²) in [5, 5.41) is 0. The van der Waals surface area contributed by atoms with E-state index < -0.39 is 0 Å². The van der Waals surface area contributed by atoms with Crippen LogP contribution in [0, 0.1) is 11.8 Å². The van der Waals surface area contributed by atoms with Gasteiger partial charge in [-0.15, -0.1) is 0 Å². The molecule has 0 saturated heterocycles. The maximum atomic E-state index is 5.85. The highest BCUT2D eigenvalue weighted by molar-refractivity contribution is 9.09. The van der Waals surface area contributed by atoms with E-state index in [0.29, 0.717) is 4.83 Å². The van der Waals surface area contributed by atoms with Crippen molar-refractivity contribution in [3.63, 3.8) is 0 Å². The third kappa shape index (κ3) is 4.83. The van der Waals surface area contributed by atoms with E-state index in [-0.39, 0.29) is 0 Å². The molecule has 1 unspecified atom stereocenters. The molecule has 19 heavy (non-hydrogen) atoms. The molecule has 2 rings (SSSR count). The summed E-state index contributed by atoms with van der Waals surface area (Å²) in [6, 6.07) is 10.1. The third-order valence-electron chi connectivity index (χ3n) is 4.25. The minimum atomic E-state index is 0.496. The van der Waals surface area contributed by atoms with Crippen LogP contribution in [0.5, 0.6) is 5.75 Å². The normalized spacial score (nSPS) is 24.9. The summed E-state index contributed by atoms with van der Waals surface area (Å²) < 4.78 is 5.85. The largest absolute Gasteiger partial charge is 0.492 e. The molecule has 1 saturated carbocycles. The zero-order valence-corrected chi connectivity index (χ0v) is 13.4. The van der Waals surface area contributed by atoms with Crippen LogP contribution in [0.15, 0.2) is 30.3 Å². The van der Waals surface area contributed by atoms with Gasteiger partial charge in [-0.2, -0.15) is 0 Å². The fraction of sp³-hybridized carbons (Fsp3) is 0.647. The van der Waals surface area contributed by atoms with E-state index in [1.54, 1.807) is 0 Å². The molecule has 2 heteroatoms. The summed E-state index contributed by atoms with van der Waals surface area (Å²) in [6.07, 6.45) is 8.29. The molecule has 0 heterocycles. The first-order valence-corrected chi connectivity index (χ1v) is 8.53. The second-order valence-corrected chi connectivity index (χ2v) is 6.89. The van der Waals surface area contributed by atoms with Crippen molar-refractivity contribution in [2.24, 2.45) is 11.8 Å². The maximum Gasteiger partial charge on any atom is 0.119 e. The molecule has 0 bridgehead atoms. The van der Waals surface area contributed by atoms with E-state index >= 15 is 0 Å². The van der Waals surface area contributed by atoms with Crippen LogP contribution < -0.4 is 4.74 Å².